The standard InChI is InChI=1S/C13H10Br2ClNOS/c1-7(8-4-2-3-5-10(8)16)17-13(18)11-6-9(14)12(15)19-11/h2-7H,1H3,(H,17,18). The van der Waals surface area contributed by atoms with E-state index in [9.17, 15) is 4.79 Å². The average Bonchev–Trinajstić information content (AvgIpc) is 2.70. The second-order valence-electron chi connectivity index (χ2n) is 3.95. The molecule has 0 spiro atoms. The Balaban J connectivity index is 2.13. The van der Waals surface area contributed by atoms with E-state index in [1.807, 2.05) is 31.2 Å². The van der Waals surface area contributed by atoms with Gasteiger partial charge in [0.05, 0.1) is 14.7 Å². The first-order chi connectivity index (χ1) is 8.99. The van der Waals surface area contributed by atoms with Crippen LogP contribution in [-0.2, 0) is 0 Å². The van der Waals surface area contributed by atoms with Gasteiger partial charge in [-0.05, 0) is 56.5 Å². The molecule has 2 nitrogen and oxygen atoms in total. The van der Waals surface area contributed by atoms with Gasteiger partial charge in [0.1, 0.15) is 0 Å². The molecule has 1 unspecified atom stereocenters. The van der Waals surface area contributed by atoms with Gasteiger partial charge in [0.15, 0.2) is 0 Å². The minimum absolute atomic E-state index is 0.108. The molecule has 2 rings (SSSR count). The van der Waals surface area contributed by atoms with E-state index in [4.69, 9.17) is 11.6 Å². The zero-order valence-electron chi connectivity index (χ0n) is 9.91. The SMILES string of the molecule is CC(NC(=O)c1cc(Br)c(Br)s1)c1ccccc1Cl. The van der Waals surface area contributed by atoms with Crippen molar-refractivity contribution in [3.63, 3.8) is 0 Å². The molecule has 0 aliphatic carbocycles. The van der Waals surface area contributed by atoms with Gasteiger partial charge >= 0.3 is 0 Å². The molecule has 100 valence electrons. The highest BCUT2D eigenvalue weighted by atomic mass is 79.9. The summed E-state index contributed by atoms with van der Waals surface area (Å²) >= 11 is 14.2. The highest BCUT2D eigenvalue weighted by Gasteiger charge is 2.16. The highest BCUT2D eigenvalue weighted by molar-refractivity contribution is 9.13. The topological polar surface area (TPSA) is 29.1 Å². The number of amides is 1. The van der Waals surface area contributed by atoms with Crippen LogP contribution in [0.1, 0.15) is 28.2 Å². The molecule has 0 radical (unpaired) electrons. The predicted octanol–water partition coefficient (Wildman–Crippen LogP) is 5.42. The summed E-state index contributed by atoms with van der Waals surface area (Å²) in [5.41, 5.74) is 0.909. The third-order valence-electron chi connectivity index (χ3n) is 2.59. The van der Waals surface area contributed by atoms with Gasteiger partial charge in [-0.2, -0.15) is 0 Å². The van der Waals surface area contributed by atoms with E-state index >= 15 is 0 Å². The van der Waals surface area contributed by atoms with Crippen molar-refractivity contribution in [3.05, 3.63) is 54.1 Å². The van der Waals surface area contributed by atoms with Crippen LogP contribution in [-0.4, -0.2) is 5.91 Å². The molecule has 0 saturated carbocycles. The molecule has 0 saturated heterocycles. The molecule has 0 aliphatic rings. The molecular formula is C13H10Br2ClNOS. The summed E-state index contributed by atoms with van der Waals surface area (Å²) in [5, 5.41) is 3.60. The van der Waals surface area contributed by atoms with E-state index in [1.165, 1.54) is 11.3 Å². The molecule has 1 N–H and O–H groups in total. The summed E-state index contributed by atoms with van der Waals surface area (Å²) in [6, 6.07) is 9.16. The van der Waals surface area contributed by atoms with Crippen LogP contribution in [0, 0.1) is 0 Å². The molecule has 1 aromatic carbocycles. The van der Waals surface area contributed by atoms with Crippen LogP contribution >= 0.6 is 54.8 Å². The van der Waals surface area contributed by atoms with Crippen LogP contribution < -0.4 is 5.32 Å². The number of hydrogen-bond donors (Lipinski definition) is 1. The molecule has 0 fully saturated rings. The Kier molecular flexibility index (Phi) is 5.06. The lowest BCUT2D eigenvalue weighted by atomic mass is 10.1. The maximum Gasteiger partial charge on any atom is 0.261 e. The third kappa shape index (κ3) is 3.60. The van der Waals surface area contributed by atoms with E-state index < -0.39 is 0 Å². The van der Waals surface area contributed by atoms with Crippen molar-refractivity contribution in [2.45, 2.75) is 13.0 Å². The fourth-order valence-corrected chi connectivity index (χ4v) is 3.87. The Morgan fingerprint density at radius 2 is 2.05 bits per heavy atom. The first-order valence-corrected chi connectivity index (χ1v) is 8.27. The zero-order valence-corrected chi connectivity index (χ0v) is 14.7. The van der Waals surface area contributed by atoms with Crippen molar-refractivity contribution in [2.24, 2.45) is 0 Å². The fourth-order valence-electron chi connectivity index (χ4n) is 1.63. The molecular weight excluding hydrogens is 413 g/mol. The Hall–Kier alpha value is -0.360. The lowest BCUT2D eigenvalue weighted by Gasteiger charge is -2.14. The van der Waals surface area contributed by atoms with Crippen molar-refractivity contribution >= 4 is 60.7 Å². The maximum absolute atomic E-state index is 12.1. The first-order valence-electron chi connectivity index (χ1n) is 5.49. The predicted molar refractivity (Wildman–Crippen MR) is 87.1 cm³/mol. The number of halogens is 3. The van der Waals surface area contributed by atoms with Crippen LogP contribution in [0.2, 0.25) is 5.02 Å². The van der Waals surface area contributed by atoms with E-state index in [0.29, 0.717) is 9.90 Å². The number of carbonyl (C=O) groups excluding carboxylic acids is 1. The number of benzene rings is 1. The quantitative estimate of drug-likeness (QED) is 0.702. The van der Waals surface area contributed by atoms with E-state index in [-0.39, 0.29) is 11.9 Å². The van der Waals surface area contributed by atoms with E-state index in [2.05, 4.69) is 37.2 Å². The number of nitrogens with one attached hydrogen (secondary N) is 1. The second-order valence-corrected chi connectivity index (χ2v) is 7.58. The zero-order chi connectivity index (χ0) is 14.0. The summed E-state index contributed by atoms with van der Waals surface area (Å²) < 4.78 is 1.79. The van der Waals surface area contributed by atoms with Gasteiger partial charge in [0.2, 0.25) is 0 Å². The Morgan fingerprint density at radius 1 is 1.37 bits per heavy atom. The van der Waals surface area contributed by atoms with Gasteiger partial charge in [-0.3, -0.25) is 4.79 Å². The van der Waals surface area contributed by atoms with Crippen molar-refractivity contribution in [3.8, 4) is 0 Å². The molecule has 0 bridgehead atoms. The number of hydrogen-bond acceptors (Lipinski definition) is 2. The van der Waals surface area contributed by atoms with Crippen LogP contribution in [0.25, 0.3) is 0 Å². The molecule has 2 aromatic rings. The van der Waals surface area contributed by atoms with Gasteiger partial charge in [0, 0.05) is 9.50 Å². The largest absolute Gasteiger partial charge is 0.345 e. The monoisotopic (exact) mass is 421 g/mol. The average molecular weight is 424 g/mol. The van der Waals surface area contributed by atoms with Gasteiger partial charge in [-0.15, -0.1) is 11.3 Å². The minimum Gasteiger partial charge on any atom is -0.345 e. The van der Waals surface area contributed by atoms with E-state index in [1.54, 1.807) is 6.07 Å². The van der Waals surface area contributed by atoms with Crippen molar-refractivity contribution in [2.75, 3.05) is 0 Å². The molecule has 1 atom stereocenters. The summed E-state index contributed by atoms with van der Waals surface area (Å²) in [5.74, 6) is -0.108. The van der Waals surface area contributed by atoms with E-state index in [0.717, 1.165) is 13.8 Å². The molecule has 1 aromatic heterocycles. The summed E-state index contributed by atoms with van der Waals surface area (Å²) in [6.07, 6.45) is 0. The summed E-state index contributed by atoms with van der Waals surface area (Å²) in [4.78, 5) is 12.8. The Bertz CT molecular complexity index is 595. The lowest BCUT2D eigenvalue weighted by molar-refractivity contribution is 0.0944. The molecule has 0 aliphatic heterocycles. The minimum atomic E-state index is -0.138. The van der Waals surface area contributed by atoms with Crippen LogP contribution in [0.5, 0.6) is 0 Å². The Labute approximate surface area is 137 Å². The summed E-state index contributed by atoms with van der Waals surface area (Å²) in [6.45, 7) is 1.91. The van der Waals surface area contributed by atoms with Gasteiger partial charge in [-0.1, -0.05) is 29.8 Å². The lowest BCUT2D eigenvalue weighted by Crippen LogP contribution is -2.26. The summed E-state index contributed by atoms with van der Waals surface area (Å²) in [7, 11) is 0. The molecule has 1 heterocycles. The van der Waals surface area contributed by atoms with Crippen LogP contribution in [0.4, 0.5) is 0 Å². The van der Waals surface area contributed by atoms with Gasteiger partial charge < -0.3 is 5.32 Å². The van der Waals surface area contributed by atoms with Crippen molar-refractivity contribution in [1.82, 2.24) is 5.32 Å². The second kappa shape index (κ2) is 6.39. The third-order valence-corrected chi connectivity index (χ3v) is 6.19. The van der Waals surface area contributed by atoms with Gasteiger partial charge in [-0.25, -0.2) is 0 Å². The maximum atomic E-state index is 12.1. The molecule has 1 amide bonds. The van der Waals surface area contributed by atoms with Crippen LogP contribution in [0.3, 0.4) is 0 Å². The van der Waals surface area contributed by atoms with Crippen LogP contribution in [0.15, 0.2) is 38.6 Å². The Morgan fingerprint density at radius 3 is 2.63 bits per heavy atom. The normalized spacial score (nSPS) is 12.2. The van der Waals surface area contributed by atoms with Crippen molar-refractivity contribution < 1.29 is 4.79 Å². The van der Waals surface area contributed by atoms with Gasteiger partial charge in [0.25, 0.3) is 5.91 Å². The number of carbonyl (C=O) groups is 1. The molecule has 19 heavy (non-hydrogen) atoms. The smallest absolute Gasteiger partial charge is 0.261 e. The van der Waals surface area contributed by atoms with Crippen molar-refractivity contribution in [1.29, 1.82) is 0 Å². The first kappa shape index (κ1) is 15.0. The fraction of sp³-hybridized carbons (Fsp3) is 0.154. The highest BCUT2D eigenvalue weighted by Crippen LogP contribution is 2.32. The number of rotatable bonds is 3. The number of thiophene rings is 1. The molecule has 6 heteroatoms.